The smallest absolute Gasteiger partial charge is 0.307 e. The lowest BCUT2D eigenvalue weighted by Crippen LogP contribution is -2.04. The van der Waals surface area contributed by atoms with E-state index in [2.05, 4.69) is 0 Å². The van der Waals surface area contributed by atoms with Crippen LogP contribution in [-0.4, -0.2) is 16.9 Å². The lowest BCUT2D eigenvalue weighted by Gasteiger charge is -2.00. The Balaban J connectivity index is 2.97. The number of carboxylic acids is 1. The van der Waals surface area contributed by atoms with Crippen LogP contribution >= 0.6 is 11.6 Å². The van der Waals surface area contributed by atoms with E-state index >= 15 is 0 Å². The molecule has 1 N–H and O–H groups in total. The number of carbonyl (C=O) groups excluding carboxylic acids is 1. The van der Waals surface area contributed by atoms with Crippen molar-refractivity contribution in [3.63, 3.8) is 0 Å². The first kappa shape index (κ1) is 12.5. The second kappa shape index (κ2) is 5.47. The van der Waals surface area contributed by atoms with Crippen LogP contribution in [0.15, 0.2) is 29.8 Å². The fourth-order valence-electron chi connectivity index (χ4n) is 1.20. The number of Topliss-reactive ketones (excluding diaryl/α,β-unsaturated/α-hetero) is 1. The van der Waals surface area contributed by atoms with Gasteiger partial charge in [0.25, 0.3) is 0 Å². The number of hydrogen-bond acceptors (Lipinski definition) is 2. The zero-order valence-electron chi connectivity index (χ0n) is 8.74. The van der Waals surface area contributed by atoms with E-state index in [-0.39, 0.29) is 17.8 Å². The van der Waals surface area contributed by atoms with Crippen molar-refractivity contribution >= 4 is 29.4 Å². The van der Waals surface area contributed by atoms with Gasteiger partial charge in [-0.3, -0.25) is 9.59 Å². The van der Waals surface area contributed by atoms with Gasteiger partial charge in [0.1, 0.15) is 0 Å². The third-order valence-electron chi connectivity index (χ3n) is 2.00. The highest BCUT2D eigenvalue weighted by atomic mass is 35.5. The van der Waals surface area contributed by atoms with Crippen LogP contribution < -0.4 is 0 Å². The molecule has 0 amide bonds. The van der Waals surface area contributed by atoms with E-state index in [1.807, 2.05) is 0 Å². The minimum Gasteiger partial charge on any atom is -0.481 e. The molecule has 0 aliphatic heterocycles. The minimum absolute atomic E-state index is 0.239. The summed E-state index contributed by atoms with van der Waals surface area (Å²) in [6.07, 6.45) is 1.30. The van der Waals surface area contributed by atoms with Crippen LogP contribution in [0.2, 0.25) is 5.02 Å². The fraction of sp³-hybridized carbons (Fsp3) is 0.167. The Morgan fingerprint density at radius 1 is 1.31 bits per heavy atom. The molecule has 0 saturated heterocycles. The number of hydrogen-bond donors (Lipinski definition) is 1. The van der Waals surface area contributed by atoms with Crippen LogP contribution in [-0.2, 0) is 9.59 Å². The van der Waals surface area contributed by atoms with Crippen molar-refractivity contribution in [3.8, 4) is 0 Å². The number of carbonyl (C=O) groups is 2. The first-order chi connectivity index (χ1) is 7.49. The maximum Gasteiger partial charge on any atom is 0.307 e. The molecule has 1 aromatic carbocycles. The maximum atomic E-state index is 11.2. The number of rotatable bonds is 4. The van der Waals surface area contributed by atoms with Gasteiger partial charge in [0.2, 0.25) is 0 Å². The van der Waals surface area contributed by atoms with E-state index in [9.17, 15) is 9.59 Å². The molecule has 84 valence electrons. The molecule has 0 radical (unpaired) electrons. The normalized spacial score (nSPS) is 11.2. The Morgan fingerprint density at radius 2 is 1.88 bits per heavy atom. The summed E-state index contributed by atoms with van der Waals surface area (Å²) in [5, 5.41) is 9.24. The Labute approximate surface area is 98.4 Å². The second-order valence-electron chi connectivity index (χ2n) is 3.35. The first-order valence-electron chi connectivity index (χ1n) is 4.68. The third kappa shape index (κ3) is 3.87. The number of aliphatic carboxylic acids is 1. The topological polar surface area (TPSA) is 54.4 Å². The molecule has 4 heteroatoms. The molecule has 3 nitrogen and oxygen atoms in total. The predicted molar refractivity (Wildman–Crippen MR) is 62.4 cm³/mol. The van der Waals surface area contributed by atoms with E-state index in [0.29, 0.717) is 5.02 Å². The fourth-order valence-corrected chi connectivity index (χ4v) is 1.33. The van der Waals surface area contributed by atoms with Gasteiger partial charge < -0.3 is 5.11 Å². The molecule has 16 heavy (non-hydrogen) atoms. The molecular formula is C12H11ClO3. The van der Waals surface area contributed by atoms with E-state index in [0.717, 1.165) is 5.56 Å². The molecule has 0 bridgehead atoms. The molecule has 0 unspecified atom stereocenters. The molecule has 0 aliphatic carbocycles. The van der Waals surface area contributed by atoms with Gasteiger partial charge >= 0.3 is 5.97 Å². The zero-order chi connectivity index (χ0) is 12.1. The van der Waals surface area contributed by atoms with Gasteiger partial charge in [-0.1, -0.05) is 23.7 Å². The van der Waals surface area contributed by atoms with Gasteiger partial charge in [0, 0.05) is 10.6 Å². The van der Waals surface area contributed by atoms with Crippen LogP contribution in [0.4, 0.5) is 0 Å². The van der Waals surface area contributed by atoms with Gasteiger partial charge in [-0.05, 0) is 30.7 Å². The van der Waals surface area contributed by atoms with Gasteiger partial charge in [-0.15, -0.1) is 0 Å². The molecule has 0 atom stereocenters. The van der Waals surface area contributed by atoms with Gasteiger partial charge in [-0.25, -0.2) is 0 Å². The van der Waals surface area contributed by atoms with E-state index in [4.69, 9.17) is 16.7 Å². The van der Waals surface area contributed by atoms with Gasteiger partial charge in [0.15, 0.2) is 5.78 Å². The summed E-state index contributed by atoms with van der Waals surface area (Å²) in [6, 6.07) is 6.83. The van der Waals surface area contributed by atoms with E-state index in [1.165, 1.54) is 6.92 Å². The highest BCUT2D eigenvalue weighted by Crippen LogP contribution is 2.14. The molecule has 0 aromatic heterocycles. The highest BCUT2D eigenvalue weighted by molar-refractivity contribution is 6.30. The average molecular weight is 239 g/mol. The monoisotopic (exact) mass is 238 g/mol. The van der Waals surface area contributed by atoms with Crippen molar-refractivity contribution in [2.24, 2.45) is 0 Å². The number of carboxylic acid groups (broad SMARTS) is 1. The summed E-state index contributed by atoms with van der Waals surface area (Å²) < 4.78 is 0. The quantitative estimate of drug-likeness (QED) is 0.821. The first-order valence-corrected chi connectivity index (χ1v) is 5.05. The average Bonchev–Trinajstić information content (AvgIpc) is 2.19. The number of ketones is 1. The van der Waals surface area contributed by atoms with Crippen molar-refractivity contribution in [3.05, 3.63) is 40.4 Å². The largest absolute Gasteiger partial charge is 0.481 e. The summed E-state index contributed by atoms with van der Waals surface area (Å²) in [5.41, 5.74) is 1.03. The van der Waals surface area contributed by atoms with Gasteiger partial charge in [-0.2, -0.15) is 0 Å². The van der Waals surface area contributed by atoms with E-state index in [1.54, 1.807) is 30.3 Å². The number of benzene rings is 1. The standard InChI is InChI=1S/C12H11ClO3/c1-8(14)10(7-12(15)16)6-9-2-4-11(13)5-3-9/h2-6H,7H2,1H3,(H,15,16). The van der Waals surface area contributed by atoms with Crippen LogP contribution in [0.5, 0.6) is 0 Å². The maximum absolute atomic E-state index is 11.2. The Bertz CT molecular complexity index is 432. The Hall–Kier alpha value is -1.61. The molecule has 0 spiro atoms. The second-order valence-corrected chi connectivity index (χ2v) is 3.78. The van der Waals surface area contributed by atoms with Gasteiger partial charge in [0.05, 0.1) is 6.42 Å². The Kier molecular flexibility index (Phi) is 4.26. The van der Waals surface area contributed by atoms with Crippen molar-refractivity contribution < 1.29 is 14.7 Å². The van der Waals surface area contributed by atoms with Crippen molar-refractivity contribution in [1.29, 1.82) is 0 Å². The summed E-state index contributed by atoms with van der Waals surface area (Å²) in [7, 11) is 0. The zero-order valence-corrected chi connectivity index (χ0v) is 9.49. The molecule has 0 heterocycles. The predicted octanol–water partition coefficient (Wildman–Crippen LogP) is 2.79. The van der Waals surface area contributed by atoms with Crippen molar-refractivity contribution in [1.82, 2.24) is 0 Å². The van der Waals surface area contributed by atoms with E-state index < -0.39 is 5.97 Å². The van der Waals surface area contributed by atoms with Crippen molar-refractivity contribution in [2.45, 2.75) is 13.3 Å². The van der Waals surface area contributed by atoms with Crippen LogP contribution in [0.1, 0.15) is 18.9 Å². The number of halogens is 1. The summed E-state index contributed by atoms with van der Waals surface area (Å²) in [4.78, 5) is 21.7. The summed E-state index contributed by atoms with van der Waals surface area (Å²) >= 11 is 5.71. The SMILES string of the molecule is CC(=O)C(=Cc1ccc(Cl)cc1)CC(=O)O. The lowest BCUT2D eigenvalue weighted by atomic mass is 10.1. The lowest BCUT2D eigenvalue weighted by molar-refractivity contribution is -0.136. The van der Waals surface area contributed by atoms with Crippen LogP contribution in [0.25, 0.3) is 6.08 Å². The molecule has 1 aromatic rings. The summed E-state index contributed by atoms with van der Waals surface area (Å²) in [5.74, 6) is -1.26. The third-order valence-corrected chi connectivity index (χ3v) is 2.26. The molecular weight excluding hydrogens is 228 g/mol. The molecule has 0 aliphatic rings. The molecule has 0 saturated carbocycles. The molecule has 0 fully saturated rings. The van der Waals surface area contributed by atoms with Crippen LogP contribution in [0, 0.1) is 0 Å². The molecule has 1 rings (SSSR count). The summed E-state index contributed by atoms with van der Waals surface area (Å²) in [6.45, 7) is 1.35. The van der Waals surface area contributed by atoms with Crippen LogP contribution in [0.3, 0.4) is 0 Å². The minimum atomic E-state index is -1.02. The van der Waals surface area contributed by atoms with Crippen molar-refractivity contribution in [2.75, 3.05) is 0 Å². The highest BCUT2D eigenvalue weighted by Gasteiger charge is 2.08. The Morgan fingerprint density at radius 3 is 2.31 bits per heavy atom.